The van der Waals surface area contributed by atoms with Crippen molar-refractivity contribution in [3.8, 4) is 5.75 Å². The number of ether oxygens (including phenoxy) is 1. The molecule has 0 atom stereocenters. The van der Waals surface area contributed by atoms with Crippen LogP contribution in [0.25, 0.3) is 0 Å². The van der Waals surface area contributed by atoms with Crippen LogP contribution in [0.5, 0.6) is 5.75 Å². The van der Waals surface area contributed by atoms with Crippen LogP contribution in [0.2, 0.25) is 0 Å². The topological polar surface area (TPSA) is 79.0 Å². The first-order valence-electron chi connectivity index (χ1n) is 9.20. The first-order chi connectivity index (χ1) is 13.5. The molecule has 1 amide bonds. The van der Waals surface area contributed by atoms with E-state index in [4.69, 9.17) is 4.74 Å². The van der Waals surface area contributed by atoms with Crippen molar-refractivity contribution in [2.75, 3.05) is 46.4 Å². The van der Waals surface area contributed by atoms with E-state index in [0.29, 0.717) is 50.6 Å². The summed E-state index contributed by atoms with van der Waals surface area (Å²) in [4.78, 5) is 14.5. The minimum absolute atomic E-state index is 0. The highest BCUT2D eigenvalue weighted by Crippen LogP contribution is 2.20. The second-order valence-electron chi connectivity index (χ2n) is 6.54. The van der Waals surface area contributed by atoms with E-state index in [1.54, 1.807) is 43.5 Å². The number of amides is 1. The summed E-state index contributed by atoms with van der Waals surface area (Å²) in [7, 11) is -1.95. The highest BCUT2D eigenvalue weighted by Gasteiger charge is 2.28. The van der Waals surface area contributed by atoms with Crippen LogP contribution < -0.4 is 10.1 Å². The maximum atomic E-state index is 12.8. The van der Waals surface area contributed by atoms with Gasteiger partial charge < -0.3 is 10.1 Å². The molecule has 0 aliphatic carbocycles. The fourth-order valence-corrected chi connectivity index (χ4v) is 4.53. The Morgan fingerprint density at radius 3 is 2.21 bits per heavy atom. The van der Waals surface area contributed by atoms with Gasteiger partial charge in [0.05, 0.1) is 12.0 Å². The molecule has 1 fully saturated rings. The Labute approximate surface area is 178 Å². The quantitative estimate of drug-likeness (QED) is 0.712. The van der Waals surface area contributed by atoms with Crippen LogP contribution in [0.4, 0.5) is 0 Å². The van der Waals surface area contributed by atoms with Crippen LogP contribution in [-0.2, 0) is 10.0 Å². The summed E-state index contributed by atoms with van der Waals surface area (Å²) < 4.78 is 32.1. The van der Waals surface area contributed by atoms with E-state index >= 15 is 0 Å². The smallest absolute Gasteiger partial charge is 0.251 e. The van der Waals surface area contributed by atoms with Crippen molar-refractivity contribution < 1.29 is 17.9 Å². The normalized spacial score (nSPS) is 15.3. The predicted octanol–water partition coefficient (Wildman–Crippen LogP) is 1.85. The van der Waals surface area contributed by atoms with Gasteiger partial charge in [-0.15, -0.1) is 12.4 Å². The van der Waals surface area contributed by atoms with Crippen molar-refractivity contribution in [3.05, 3.63) is 60.2 Å². The van der Waals surface area contributed by atoms with E-state index in [2.05, 4.69) is 10.2 Å². The average Bonchev–Trinajstić information content (AvgIpc) is 2.74. The summed E-state index contributed by atoms with van der Waals surface area (Å²) in [5.41, 5.74) is 0.637. The fourth-order valence-electron chi connectivity index (χ4n) is 3.11. The van der Waals surface area contributed by atoms with E-state index in [-0.39, 0.29) is 23.2 Å². The number of methoxy groups -OCH3 is 1. The van der Waals surface area contributed by atoms with Gasteiger partial charge in [-0.1, -0.05) is 18.2 Å². The molecule has 1 N–H and O–H groups in total. The summed E-state index contributed by atoms with van der Waals surface area (Å²) in [5, 5.41) is 2.90. The Morgan fingerprint density at radius 2 is 1.62 bits per heavy atom. The predicted molar refractivity (Wildman–Crippen MR) is 114 cm³/mol. The highest BCUT2D eigenvalue weighted by molar-refractivity contribution is 7.89. The van der Waals surface area contributed by atoms with E-state index in [0.717, 1.165) is 0 Å². The summed E-state index contributed by atoms with van der Waals surface area (Å²) >= 11 is 0. The zero-order valence-electron chi connectivity index (χ0n) is 16.3. The average molecular weight is 440 g/mol. The largest absolute Gasteiger partial charge is 0.497 e. The minimum atomic E-state index is -3.50. The molecular weight excluding hydrogens is 414 g/mol. The molecule has 1 aliphatic rings. The van der Waals surface area contributed by atoms with E-state index < -0.39 is 10.0 Å². The molecule has 0 saturated carbocycles. The summed E-state index contributed by atoms with van der Waals surface area (Å²) in [6, 6.07) is 15.5. The fraction of sp³-hybridized carbons (Fsp3) is 0.350. The van der Waals surface area contributed by atoms with Gasteiger partial charge in [0.2, 0.25) is 10.0 Å². The second-order valence-corrected chi connectivity index (χ2v) is 8.48. The summed E-state index contributed by atoms with van der Waals surface area (Å²) in [5.74, 6) is 0.530. The van der Waals surface area contributed by atoms with E-state index in [1.165, 1.54) is 4.31 Å². The van der Waals surface area contributed by atoms with Crippen LogP contribution in [-0.4, -0.2) is 69.9 Å². The molecule has 2 aromatic rings. The molecule has 9 heteroatoms. The Balaban J connectivity index is 0.00000300. The zero-order valence-corrected chi connectivity index (χ0v) is 17.9. The molecule has 1 saturated heterocycles. The Bertz CT molecular complexity index is 884. The van der Waals surface area contributed by atoms with Crippen molar-refractivity contribution >= 4 is 28.3 Å². The van der Waals surface area contributed by atoms with Crippen molar-refractivity contribution in [3.63, 3.8) is 0 Å². The number of sulfonamides is 1. The minimum Gasteiger partial charge on any atom is -0.497 e. The van der Waals surface area contributed by atoms with Gasteiger partial charge in [-0.2, -0.15) is 4.31 Å². The van der Waals surface area contributed by atoms with Crippen molar-refractivity contribution in [1.29, 1.82) is 0 Å². The Morgan fingerprint density at radius 1 is 1.00 bits per heavy atom. The third-order valence-electron chi connectivity index (χ3n) is 4.78. The van der Waals surface area contributed by atoms with Gasteiger partial charge in [-0.05, 0) is 36.4 Å². The molecule has 0 radical (unpaired) electrons. The van der Waals surface area contributed by atoms with Gasteiger partial charge >= 0.3 is 0 Å². The number of hydrogen-bond donors (Lipinski definition) is 1. The molecule has 0 spiro atoms. The SMILES string of the molecule is COc1ccc(S(=O)(=O)N2CCN(CCNC(=O)c3ccccc3)CC2)cc1.Cl. The molecule has 0 aromatic heterocycles. The van der Waals surface area contributed by atoms with Crippen LogP contribution in [0.1, 0.15) is 10.4 Å². The lowest BCUT2D eigenvalue weighted by atomic mass is 10.2. The lowest BCUT2D eigenvalue weighted by molar-refractivity contribution is 0.0945. The van der Waals surface area contributed by atoms with Gasteiger partial charge in [0.15, 0.2) is 0 Å². The van der Waals surface area contributed by atoms with Crippen LogP contribution in [0.3, 0.4) is 0 Å². The van der Waals surface area contributed by atoms with Gasteiger partial charge in [-0.3, -0.25) is 9.69 Å². The number of halogens is 1. The number of piperazine rings is 1. The molecule has 3 rings (SSSR count). The van der Waals surface area contributed by atoms with E-state index in [9.17, 15) is 13.2 Å². The number of carbonyl (C=O) groups is 1. The number of benzene rings is 2. The first-order valence-corrected chi connectivity index (χ1v) is 10.6. The molecule has 7 nitrogen and oxygen atoms in total. The zero-order chi connectivity index (χ0) is 20.0. The molecule has 0 unspecified atom stereocenters. The first kappa shape index (κ1) is 23.2. The third kappa shape index (κ3) is 5.93. The standard InChI is InChI=1S/C20H25N3O4S.ClH/c1-27-18-7-9-19(10-8-18)28(25,26)23-15-13-22(14-16-23)12-11-21-20(24)17-5-3-2-4-6-17;/h2-10H,11-16H2,1H3,(H,21,24);1H. The molecule has 29 heavy (non-hydrogen) atoms. The third-order valence-corrected chi connectivity index (χ3v) is 6.69. The van der Waals surface area contributed by atoms with Crippen LogP contribution in [0.15, 0.2) is 59.5 Å². The Kier molecular flexibility index (Phi) is 8.45. The number of rotatable bonds is 7. The second kappa shape index (κ2) is 10.6. The van der Waals surface area contributed by atoms with Crippen LogP contribution in [0, 0.1) is 0 Å². The Hall–Kier alpha value is -2.13. The van der Waals surface area contributed by atoms with Gasteiger partial charge in [0, 0.05) is 44.8 Å². The number of nitrogens with one attached hydrogen (secondary N) is 1. The monoisotopic (exact) mass is 439 g/mol. The number of carbonyl (C=O) groups excluding carboxylic acids is 1. The van der Waals surface area contributed by atoms with Crippen molar-refractivity contribution in [2.24, 2.45) is 0 Å². The number of hydrogen-bond acceptors (Lipinski definition) is 5. The maximum absolute atomic E-state index is 12.8. The maximum Gasteiger partial charge on any atom is 0.251 e. The van der Waals surface area contributed by atoms with Gasteiger partial charge in [-0.25, -0.2) is 8.42 Å². The molecule has 2 aromatic carbocycles. The van der Waals surface area contributed by atoms with E-state index in [1.807, 2.05) is 18.2 Å². The number of nitrogens with zero attached hydrogens (tertiary/aromatic N) is 2. The molecular formula is C20H26ClN3O4S. The lowest BCUT2D eigenvalue weighted by Crippen LogP contribution is -2.50. The lowest BCUT2D eigenvalue weighted by Gasteiger charge is -2.34. The van der Waals surface area contributed by atoms with Crippen molar-refractivity contribution in [2.45, 2.75) is 4.90 Å². The van der Waals surface area contributed by atoms with Gasteiger partial charge in [0.25, 0.3) is 5.91 Å². The highest BCUT2D eigenvalue weighted by atomic mass is 35.5. The molecule has 158 valence electrons. The summed E-state index contributed by atoms with van der Waals surface area (Å²) in [6.07, 6.45) is 0. The summed E-state index contributed by atoms with van der Waals surface area (Å²) in [6.45, 7) is 3.35. The molecule has 0 bridgehead atoms. The molecule has 1 heterocycles. The molecule has 1 aliphatic heterocycles. The van der Waals surface area contributed by atoms with Gasteiger partial charge in [0.1, 0.15) is 5.75 Å². The van der Waals surface area contributed by atoms with Crippen molar-refractivity contribution in [1.82, 2.24) is 14.5 Å². The van der Waals surface area contributed by atoms with Crippen LogP contribution >= 0.6 is 12.4 Å².